The summed E-state index contributed by atoms with van der Waals surface area (Å²) in [6, 6.07) is 3.25. The number of halogens is 2. The van der Waals surface area contributed by atoms with Gasteiger partial charge in [-0.3, -0.25) is 9.59 Å². The van der Waals surface area contributed by atoms with Gasteiger partial charge in [0, 0.05) is 32.0 Å². The standard InChI is InChI=1S/C18H23F2N3O2/c1-11(24)23-8-2-3-17(23)18(25)22-16-10-21-7-6-13(16)12-4-5-14(19)15(20)9-12/h4-5,9,13,16-17,21H,2-3,6-8,10H2,1H3,(H,22,25). The topological polar surface area (TPSA) is 61.4 Å². The number of nitrogens with one attached hydrogen (secondary N) is 2. The minimum Gasteiger partial charge on any atom is -0.350 e. The zero-order chi connectivity index (χ0) is 18.0. The van der Waals surface area contributed by atoms with Crippen LogP contribution in [0.4, 0.5) is 8.78 Å². The van der Waals surface area contributed by atoms with Crippen molar-refractivity contribution in [3.63, 3.8) is 0 Å². The Morgan fingerprint density at radius 1 is 1.24 bits per heavy atom. The lowest BCUT2D eigenvalue weighted by molar-refractivity contribution is -0.137. The first-order valence-electron chi connectivity index (χ1n) is 8.70. The maximum absolute atomic E-state index is 13.6. The van der Waals surface area contributed by atoms with Gasteiger partial charge in [-0.05, 0) is 43.5 Å². The van der Waals surface area contributed by atoms with Crippen molar-refractivity contribution in [1.82, 2.24) is 15.5 Å². The Hall–Kier alpha value is -2.02. The number of piperidine rings is 1. The van der Waals surface area contributed by atoms with Crippen LogP contribution in [0, 0.1) is 11.6 Å². The summed E-state index contributed by atoms with van der Waals surface area (Å²) < 4.78 is 26.8. The second-order valence-corrected chi connectivity index (χ2v) is 6.76. The molecule has 2 aliphatic rings. The number of carbonyl (C=O) groups is 2. The fourth-order valence-electron chi connectivity index (χ4n) is 3.85. The Balaban J connectivity index is 1.73. The molecular weight excluding hydrogens is 328 g/mol. The van der Waals surface area contributed by atoms with Crippen molar-refractivity contribution in [3.05, 3.63) is 35.4 Å². The van der Waals surface area contributed by atoms with E-state index in [0.717, 1.165) is 25.5 Å². The molecule has 2 N–H and O–H groups in total. The summed E-state index contributed by atoms with van der Waals surface area (Å²) in [5, 5.41) is 6.24. The van der Waals surface area contributed by atoms with E-state index in [-0.39, 0.29) is 23.8 Å². The molecule has 136 valence electrons. The van der Waals surface area contributed by atoms with Crippen LogP contribution in [0.3, 0.4) is 0 Å². The van der Waals surface area contributed by atoms with Crippen molar-refractivity contribution in [2.45, 2.75) is 44.2 Å². The molecule has 0 radical (unpaired) electrons. The molecule has 0 aliphatic carbocycles. The van der Waals surface area contributed by atoms with Crippen LogP contribution in [0.25, 0.3) is 0 Å². The molecule has 2 saturated heterocycles. The number of carbonyl (C=O) groups excluding carboxylic acids is 2. The molecule has 3 rings (SSSR count). The van der Waals surface area contributed by atoms with Crippen molar-refractivity contribution in [2.24, 2.45) is 0 Å². The Bertz CT molecular complexity index is 668. The van der Waals surface area contributed by atoms with Crippen LogP contribution in [-0.2, 0) is 9.59 Å². The third-order valence-electron chi connectivity index (χ3n) is 5.14. The van der Waals surface area contributed by atoms with Gasteiger partial charge in [0.05, 0.1) is 0 Å². The Labute approximate surface area is 145 Å². The fraction of sp³-hybridized carbons (Fsp3) is 0.556. The van der Waals surface area contributed by atoms with Crippen molar-refractivity contribution in [2.75, 3.05) is 19.6 Å². The predicted molar refractivity (Wildman–Crippen MR) is 88.9 cm³/mol. The van der Waals surface area contributed by atoms with Crippen molar-refractivity contribution >= 4 is 11.8 Å². The van der Waals surface area contributed by atoms with E-state index in [1.165, 1.54) is 13.0 Å². The third kappa shape index (κ3) is 3.81. The van der Waals surface area contributed by atoms with Gasteiger partial charge in [0.15, 0.2) is 11.6 Å². The van der Waals surface area contributed by atoms with Gasteiger partial charge >= 0.3 is 0 Å². The summed E-state index contributed by atoms with van der Waals surface area (Å²) in [5.41, 5.74) is 0.681. The van der Waals surface area contributed by atoms with E-state index in [9.17, 15) is 18.4 Å². The maximum Gasteiger partial charge on any atom is 0.243 e. The average Bonchev–Trinajstić information content (AvgIpc) is 3.08. The molecule has 1 aromatic rings. The van der Waals surface area contributed by atoms with Crippen molar-refractivity contribution < 1.29 is 18.4 Å². The maximum atomic E-state index is 13.6. The number of rotatable bonds is 3. The lowest BCUT2D eigenvalue weighted by Gasteiger charge is -2.34. The lowest BCUT2D eigenvalue weighted by Crippen LogP contribution is -2.54. The highest BCUT2D eigenvalue weighted by Gasteiger charge is 2.35. The zero-order valence-corrected chi connectivity index (χ0v) is 14.2. The lowest BCUT2D eigenvalue weighted by atomic mass is 9.85. The summed E-state index contributed by atoms with van der Waals surface area (Å²) in [7, 11) is 0. The largest absolute Gasteiger partial charge is 0.350 e. The SMILES string of the molecule is CC(=O)N1CCCC1C(=O)NC1CNCCC1c1ccc(F)c(F)c1. The number of hydrogen-bond donors (Lipinski definition) is 2. The number of hydrogen-bond acceptors (Lipinski definition) is 3. The van der Waals surface area contributed by atoms with Gasteiger partial charge in [0.1, 0.15) is 6.04 Å². The summed E-state index contributed by atoms with van der Waals surface area (Å²) in [5.74, 6) is -2.11. The molecule has 3 unspecified atom stereocenters. The molecule has 2 fully saturated rings. The molecule has 7 heteroatoms. The first-order valence-corrected chi connectivity index (χ1v) is 8.70. The highest BCUT2D eigenvalue weighted by molar-refractivity contribution is 5.87. The molecule has 2 aliphatic heterocycles. The molecule has 5 nitrogen and oxygen atoms in total. The van der Waals surface area contributed by atoms with Crippen molar-refractivity contribution in [3.8, 4) is 0 Å². The first-order chi connectivity index (χ1) is 12.0. The van der Waals surface area contributed by atoms with Crippen LogP contribution in [0.1, 0.15) is 37.7 Å². The second kappa shape index (κ2) is 7.47. The van der Waals surface area contributed by atoms with Gasteiger partial charge in [0.2, 0.25) is 11.8 Å². The molecule has 0 aromatic heterocycles. The Morgan fingerprint density at radius 3 is 2.76 bits per heavy atom. The fourth-order valence-corrected chi connectivity index (χ4v) is 3.85. The van der Waals surface area contributed by atoms with E-state index >= 15 is 0 Å². The van der Waals surface area contributed by atoms with Crippen LogP contribution in [0.2, 0.25) is 0 Å². The molecule has 2 amide bonds. The molecule has 3 atom stereocenters. The van der Waals surface area contributed by atoms with Gasteiger partial charge in [0.25, 0.3) is 0 Å². The molecular formula is C18H23F2N3O2. The summed E-state index contributed by atoms with van der Waals surface area (Å²) in [6.07, 6.45) is 2.19. The smallest absolute Gasteiger partial charge is 0.243 e. The highest BCUT2D eigenvalue weighted by atomic mass is 19.2. The van der Waals surface area contributed by atoms with Gasteiger partial charge in [-0.15, -0.1) is 0 Å². The quantitative estimate of drug-likeness (QED) is 0.868. The number of benzene rings is 1. The van der Waals surface area contributed by atoms with E-state index in [4.69, 9.17) is 0 Å². The van der Waals surface area contributed by atoms with Crippen LogP contribution in [0.5, 0.6) is 0 Å². The molecule has 0 spiro atoms. The van der Waals surface area contributed by atoms with Crippen LogP contribution in [0.15, 0.2) is 18.2 Å². The number of amides is 2. The van der Waals surface area contributed by atoms with Gasteiger partial charge in [-0.25, -0.2) is 8.78 Å². The highest BCUT2D eigenvalue weighted by Crippen LogP contribution is 2.27. The molecule has 0 bridgehead atoms. The first kappa shape index (κ1) is 17.8. The molecule has 25 heavy (non-hydrogen) atoms. The zero-order valence-electron chi connectivity index (χ0n) is 14.2. The third-order valence-corrected chi connectivity index (χ3v) is 5.14. The second-order valence-electron chi connectivity index (χ2n) is 6.76. The van der Waals surface area contributed by atoms with E-state index in [1.54, 1.807) is 11.0 Å². The van der Waals surface area contributed by atoms with E-state index in [1.807, 2.05) is 0 Å². The van der Waals surface area contributed by atoms with E-state index in [2.05, 4.69) is 10.6 Å². The Morgan fingerprint density at radius 2 is 2.04 bits per heavy atom. The normalized spacial score (nSPS) is 26.5. The van der Waals surface area contributed by atoms with Crippen molar-refractivity contribution in [1.29, 1.82) is 0 Å². The number of likely N-dealkylation sites (tertiary alicyclic amines) is 1. The molecule has 1 aromatic carbocycles. The van der Waals surface area contributed by atoms with E-state index in [0.29, 0.717) is 25.1 Å². The van der Waals surface area contributed by atoms with Gasteiger partial charge < -0.3 is 15.5 Å². The molecule has 0 saturated carbocycles. The van der Waals surface area contributed by atoms with Crippen LogP contribution >= 0.6 is 0 Å². The van der Waals surface area contributed by atoms with Gasteiger partial charge in [-0.2, -0.15) is 0 Å². The Kier molecular flexibility index (Phi) is 5.32. The predicted octanol–water partition coefficient (Wildman–Crippen LogP) is 1.54. The summed E-state index contributed by atoms with van der Waals surface area (Å²) in [6.45, 7) is 3.38. The van der Waals surface area contributed by atoms with Gasteiger partial charge in [-0.1, -0.05) is 6.07 Å². The minimum atomic E-state index is -0.875. The monoisotopic (exact) mass is 351 g/mol. The van der Waals surface area contributed by atoms with E-state index < -0.39 is 17.7 Å². The van der Waals surface area contributed by atoms with Crippen LogP contribution in [-0.4, -0.2) is 48.4 Å². The average molecular weight is 351 g/mol. The summed E-state index contributed by atoms with van der Waals surface area (Å²) in [4.78, 5) is 25.9. The summed E-state index contributed by atoms with van der Waals surface area (Å²) >= 11 is 0. The number of nitrogens with zero attached hydrogens (tertiary/aromatic N) is 1. The molecule has 2 heterocycles. The minimum absolute atomic E-state index is 0.0903. The van der Waals surface area contributed by atoms with Crippen LogP contribution < -0.4 is 10.6 Å².